The number of piperidine rings is 2. The van der Waals surface area contributed by atoms with E-state index in [0.29, 0.717) is 12.0 Å². The monoisotopic (exact) mass is 466 g/mol. The number of fused-ring (bicyclic) bond motifs is 1. The van der Waals surface area contributed by atoms with E-state index in [9.17, 15) is 4.79 Å². The van der Waals surface area contributed by atoms with Gasteiger partial charge >= 0.3 is 0 Å². The molecule has 2 aromatic carbocycles. The zero-order chi connectivity index (χ0) is 22.6. The first-order valence-corrected chi connectivity index (χ1v) is 13.1. The normalized spacial score (nSPS) is 28.0. The molecule has 2 unspecified atom stereocenters. The van der Waals surface area contributed by atoms with Crippen molar-refractivity contribution in [2.75, 3.05) is 18.4 Å². The third-order valence-corrected chi connectivity index (χ3v) is 8.13. The van der Waals surface area contributed by atoms with Crippen molar-refractivity contribution in [3.8, 4) is 5.75 Å². The molecule has 2 aliphatic heterocycles. The predicted molar refractivity (Wildman–Crippen MR) is 134 cm³/mol. The summed E-state index contributed by atoms with van der Waals surface area (Å²) in [6.07, 6.45) is 10.5. The molecular formula is C28H35ClN2O2. The second-order valence-corrected chi connectivity index (χ2v) is 10.4. The first kappa shape index (κ1) is 22.7. The summed E-state index contributed by atoms with van der Waals surface area (Å²) >= 11 is 6.02. The maximum atomic E-state index is 12.8. The summed E-state index contributed by atoms with van der Waals surface area (Å²) in [4.78, 5) is 15.5. The van der Waals surface area contributed by atoms with E-state index >= 15 is 0 Å². The molecule has 1 N–H and O–H groups in total. The molecule has 2 aromatic rings. The van der Waals surface area contributed by atoms with E-state index in [1.165, 1.54) is 44.3 Å². The third-order valence-electron chi connectivity index (χ3n) is 7.88. The van der Waals surface area contributed by atoms with Crippen LogP contribution in [0.4, 0.5) is 5.69 Å². The fraction of sp³-hybridized carbons (Fsp3) is 0.536. The Hall–Kier alpha value is -2.04. The zero-order valence-electron chi connectivity index (χ0n) is 19.3. The molecule has 1 amide bonds. The van der Waals surface area contributed by atoms with Gasteiger partial charge in [0.1, 0.15) is 11.9 Å². The number of carbonyl (C=O) groups is 1. The lowest BCUT2D eigenvalue weighted by atomic mass is 9.78. The SMILES string of the molecule is O=C(Nc1ccc(OC2CCCN3CCCCC23)cc1)C1CCC(c2ccc(Cl)cc2)CC1. The molecule has 0 bridgehead atoms. The molecule has 176 valence electrons. The molecule has 3 aliphatic rings. The Bertz CT molecular complexity index is 920. The van der Waals surface area contributed by atoms with Gasteiger partial charge < -0.3 is 10.1 Å². The number of amides is 1. The lowest BCUT2D eigenvalue weighted by molar-refractivity contribution is -0.120. The van der Waals surface area contributed by atoms with Crippen LogP contribution in [0.1, 0.15) is 69.3 Å². The number of ether oxygens (including phenoxy) is 1. The highest BCUT2D eigenvalue weighted by Gasteiger charge is 2.34. The largest absolute Gasteiger partial charge is 0.489 e. The highest BCUT2D eigenvalue weighted by molar-refractivity contribution is 6.30. The number of carbonyl (C=O) groups excluding carboxylic acids is 1. The third kappa shape index (κ3) is 5.55. The maximum absolute atomic E-state index is 12.8. The molecule has 0 radical (unpaired) electrons. The standard InChI is InChI=1S/C28H35ClN2O2/c29-23-12-10-21(11-13-23)20-6-8-22(9-7-20)28(32)30-24-14-16-25(17-15-24)33-27-5-3-19-31-18-2-1-4-26(27)31/h10-17,20,22,26-27H,1-9,18-19H2,(H,30,32). The number of hydrogen-bond donors (Lipinski definition) is 1. The highest BCUT2D eigenvalue weighted by atomic mass is 35.5. The minimum Gasteiger partial charge on any atom is -0.489 e. The Labute approximate surface area is 202 Å². The van der Waals surface area contributed by atoms with Gasteiger partial charge in [0.2, 0.25) is 5.91 Å². The minimum absolute atomic E-state index is 0.0870. The van der Waals surface area contributed by atoms with Crippen LogP contribution in [0.2, 0.25) is 5.02 Å². The summed E-state index contributed by atoms with van der Waals surface area (Å²) in [5.41, 5.74) is 2.19. The van der Waals surface area contributed by atoms with Crippen molar-refractivity contribution in [3.05, 3.63) is 59.1 Å². The van der Waals surface area contributed by atoms with Crippen molar-refractivity contribution in [1.29, 1.82) is 0 Å². The molecule has 2 saturated heterocycles. The van der Waals surface area contributed by atoms with Crippen molar-refractivity contribution >= 4 is 23.2 Å². The van der Waals surface area contributed by atoms with E-state index in [4.69, 9.17) is 16.3 Å². The Morgan fingerprint density at radius 3 is 2.33 bits per heavy atom. The van der Waals surface area contributed by atoms with Gasteiger partial charge in [0.25, 0.3) is 0 Å². The summed E-state index contributed by atoms with van der Waals surface area (Å²) in [5, 5.41) is 3.91. The molecule has 0 aromatic heterocycles. The number of hydrogen-bond acceptors (Lipinski definition) is 3. The van der Waals surface area contributed by atoms with Gasteiger partial charge in [0.05, 0.1) is 0 Å². The molecule has 1 aliphatic carbocycles. The second kappa shape index (κ2) is 10.5. The van der Waals surface area contributed by atoms with Crippen LogP contribution >= 0.6 is 11.6 Å². The fourth-order valence-electron chi connectivity index (χ4n) is 6.00. The first-order chi connectivity index (χ1) is 16.2. The number of rotatable bonds is 5. The number of nitrogens with zero attached hydrogens (tertiary/aromatic N) is 1. The topological polar surface area (TPSA) is 41.6 Å². The second-order valence-electron chi connectivity index (χ2n) is 10.0. The number of halogens is 1. The molecule has 33 heavy (non-hydrogen) atoms. The smallest absolute Gasteiger partial charge is 0.227 e. The molecular weight excluding hydrogens is 432 g/mol. The summed E-state index contributed by atoms with van der Waals surface area (Å²) in [5.74, 6) is 1.67. The Balaban J connectivity index is 1.11. The molecule has 5 heteroatoms. The number of benzene rings is 2. The van der Waals surface area contributed by atoms with Gasteiger partial charge in [0, 0.05) is 22.7 Å². The van der Waals surface area contributed by atoms with Crippen LogP contribution in [0, 0.1) is 5.92 Å². The molecule has 0 spiro atoms. The van der Waals surface area contributed by atoms with Crippen molar-refractivity contribution in [3.63, 3.8) is 0 Å². The molecule has 2 atom stereocenters. The van der Waals surface area contributed by atoms with Gasteiger partial charge in [-0.2, -0.15) is 0 Å². The van der Waals surface area contributed by atoms with Crippen LogP contribution in [-0.4, -0.2) is 36.0 Å². The minimum atomic E-state index is 0.0870. The van der Waals surface area contributed by atoms with Gasteiger partial charge in [0.15, 0.2) is 0 Å². The molecule has 5 rings (SSSR count). The summed E-state index contributed by atoms with van der Waals surface area (Å²) < 4.78 is 6.40. The lowest BCUT2D eigenvalue weighted by Crippen LogP contribution is -2.52. The molecule has 3 fully saturated rings. The predicted octanol–water partition coefficient (Wildman–Crippen LogP) is 6.65. The van der Waals surface area contributed by atoms with Crippen LogP contribution in [0.15, 0.2) is 48.5 Å². The fourth-order valence-corrected chi connectivity index (χ4v) is 6.13. The van der Waals surface area contributed by atoms with E-state index < -0.39 is 0 Å². The van der Waals surface area contributed by atoms with E-state index in [1.54, 1.807) is 0 Å². The summed E-state index contributed by atoms with van der Waals surface area (Å²) in [6, 6.07) is 16.7. The van der Waals surface area contributed by atoms with Crippen LogP contribution in [0.25, 0.3) is 0 Å². The zero-order valence-corrected chi connectivity index (χ0v) is 20.1. The highest BCUT2D eigenvalue weighted by Crippen LogP contribution is 2.37. The number of nitrogens with one attached hydrogen (secondary N) is 1. The Morgan fingerprint density at radius 1 is 0.848 bits per heavy atom. The summed E-state index contributed by atoms with van der Waals surface area (Å²) in [7, 11) is 0. The van der Waals surface area contributed by atoms with Gasteiger partial charge in [-0.25, -0.2) is 0 Å². The van der Waals surface area contributed by atoms with Crippen LogP contribution < -0.4 is 10.1 Å². The van der Waals surface area contributed by atoms with Crippen molar-refractivity contribution in [2.45, 2.75) is 75.9 Å². The van der Waals surface area contributed by atoms with Gasteiger partial charge in [-0.05, 0) is 112 Å². The van der Waals surface area contributed by atoms with Crippen LogP contribution in [0.3, 0.4) is 0 Å². The van der Waals surface area contributed by atoms with Crippen LogP contribution in [0.5, 0.6) is 5.75 Å². The van der Waals surface area contributed by atoms with Gasteiger partial charge in [-0.3, -0.25) is 9.69 Å². The lowest BCUT2D eigenvalue weighted by Gasteiger charge is -2.43. The van der Waals surface area contributed by atoms with Crippen LogP contribution in [-0.2, 0) is 4.79 Å². The average molecular weight is 467 g/mol. The first-order valence-electron chi connectivity index (χ1n) is 12.7. The van der Waals surface area contributed by atoms with E-state index in [2.05, 4.69) is 22.3 Å². The Morgan fingerprint density at radius 2 is 1.58 bits per heavy atom. The molecule has 1 saturated carbocycles. The van der Waals surface area contributed by atoms with Crippen molar-refractivity contribution < 1.29 is 9.53 Å². The van der Waals surface area contributed by atoms with E-state index in [-0.39, 0.29) is 17.9 Å². The van der Waals surface area contributed by atoms with Gasteiger partial charge in [-0.1, -0.05) is 30.2 Å². The number of anilines is 1. The van der Waals surface area contributed by atoms with Crippen molar-refractivity contribution in [1.82, 2.24) is 4.90 Å². The van der Waals surface area contributed by atoms with E-state index in [0.717, 1.165) is 48.6 Å². The van der Waals surface area contributed by atoms with Crippen molar-refractivity contribution in [2.24, 2.45) is 5.92 Å². The molecule has 4 nitrogen and oxygen atoms in total. The quantitative estimate of drug-likeness (QED) is 0.536. The molecule has 2 heterocycles. The summed E-state index contributed by atoms with van der Waals surface area (Å²) in [6.45, 7) is 2.44. The Kier molecular flexibility index (Phi) is 7.22. The van der Waals surface area contributed by atoms with E-state index in [1.807, 2.05) is 36.4 Å². The van der Waals surface area contributed by atoms with Gasteiger partial charge in [-0.15, -0.1) is 0 Å². The average Bonchev–Trinajstić information content (AvgIpc) is 2.86. The maximum Gasteiger partial charge on any atom is 0.227 e.